The Kier molecular flexibility index (Phi) is 4.14. The zero-order chi connectivity index (χ0) is 17.6. The number of carboxylic acid groups (broad SMARTS) is 1. The predicted octanol–water partition coefficient (Wildman–Crippen LogP) is 1.46. The highest BCUT2D eigenvalue weighted by molar-refractivity contribution is 6.61. The summed E-state index contributed by atoms with van der Waals surface area (Å²) in [7, 11) is -0.389. The van der Waals surface area contributed by atoms with Gasteiger partial charge in [0.2, 0.25) is 0 Å². The molecule has 6 nitrogen and oxygen atoms in total. The van der Waals surface area contributed by atoms with Gasteiger partial charge < -0.3 is 24.8 Å². The lowest BCUT2D eigenvalue weighted by Crippen LogP contribution is -2.61. The molecule has 1 aromatic carbocycles. The second-order valence-corrected chi connectivity index (χ2v) is 8.10. The molecule has 0 aromatic heterocycles. The third-order valence-corrected chi connectivity index (χ3v) is 4.70. The van der Waals surface area contributed by atoms with Crippen molar-refractivity contribution in [3.05, 3.63) is 29.8 Å². The molecule has 1 saturated heterocycles. The molecule has 0 unspecified atom stereocenters. The van der Waals surface area contributed by atoms with E-state index in [9.17, 15) is 9.90 Å². The van der Waals surface area contributed by atoms with Crippen molar-refractivity contribution in [3.63, 3.8) is 0 Å². The smallest absolute Gasteiger partial charge is 0.465 e. The molecule has 0 radical (unpaired) electrons. The van der Waals surface area contributed by atoms with Gasteiger partial charge in [-0.15, -0.1) is 0 Å². The maximum absolute atomic E-state index is 11.1. The normalized spacial score (nSPS) is 32.1. The second kappa shape index (κ2) is 5.76. The van der Waals surface area contributed by atoms with Gasteiger partial charge in [-0.1, -0.05) is 38.1 Å². The minimum absolute atomic E-state index is 0.0173. The molecule has 130 valence electrons. The first-order chi connectivity index (χ1) is 11.1. The van der Waals surface area contributed by atoms with E-state index in [4.69, 9.17) is 14.4 Å². The lowest BCUT2D eigenvalue weighted by Gasteiger charge is -2.51. The molecular formula is C17H24BNO5. The van der Waals surface area contributed by atoms with Gasteiger partial charge in [-0.2, -0.15) is 0 Å². The van der Waals surface area contributed by atoms with Gasteiger partial charge in [0.15, 0.2) is 0 Å². The van der Waals surface area contributed by atoms with Gasteiger partial charge in [-0.3, -0.25) is 0 Å². The van der Waals surface area contributed by atoms with Gasteiger partial charge in [-0.25, -0.2) is 4.79 Å². The van der Waals surface area contributed by atoms with Gasteiger partial charge in [0.05, 0.1) is 11.1 Å². The fourth-order valence-corrected chi connectivity index (χ4v) is 3.66. The molecule has 3 rings (SSSR count). The van der Waals surface area contributed by atoms with E-state index in [0.717, 1.165) is 11.0 Å². The van der Waals surface area contributed by atoms with Crippen LogP contribution in [-0.4, -0.2) is 42.2 Å². The van der Waals surface area contributed by atoms with Gasteiger partial charge in [0.1, 0.15) is 0 Å². The van der Waals surface area contributed by atoms with Crippen LogP contribution in [0.15, 0.2) is 24.3 Å². The Balaban J connectivity index is 1.75. The highest BCUT2D eigenvalue weighted by Crippen LogP contribution is 2.48. The Morgan fingerprint density at radius 1 is 1.12 bits per heavy atom. The summed E-state index contributed by atoms with van der Waals surface area (Å²) in [6.07, 6.45) is -0.372. The number of nitrogens with one attached hydrogen (secondary N) is 1. The summed E-state index contributed by atoms with van der Waals surface area (Å²) in [6, 6.07) is 7.56. The molecular weight excluding hydrogens is 309 g/mol. The summed E-state index contributed by atoms with van der Waals surface area (Å²) in [5.41, 5.74) is 0.192. The van der Waals surface area contributed by atoms with Crippen molar-refractivity contribution in [2.24, 2.45) is 5.41 Å². The number of hydrogen-bond acceptors (Lipinski definition) is 4. The molecule has 1 aromatic rings. The van der Waals surface area contributed by atoms with E-state index in [1.165, 1.54) is 0 Å². The van der Waals surface area contributed by atoms with Crippen LogP contribution in [0, 0.1) is 5.41 Å². The Bertz CT molecular complexity index is 610. The van der Waals surface area contributed by atoms with Crippen LogP contribution < -0.4 is 10.8 Å². The van der Waals surface area contributed by atoms with E-state index in [0.29, 0.717) is 26.1 Å². The fraction of sp³-hybridized carbons (Fsp3) is 0.588. The maximum atomic E-state index is 11.1. The van der Waals surface area contributed by atoms with Crippen molar-refractivity contribution < 1.29 is 24.3 Å². The van der Waals surface area contributed by atoms with Crippen molar-refractivity contribution in [2.75, 3.05) is 13.2 Å². The highest BCUT2D eigenvalue weighted by atomic mass is 16.6. The number of benzene rings is 1. The minimum Gasteiger partial charge on any atom is -0.465 e. The van der Waals surface area contributed by atoms with Crippen molar-refractivity contribution in [1.82, 2.24) is 5.32 Å². The Morgan fingerprint density at radius 3 is 2.12 bits per heavy atom. The van der Waals surface area contributed by atoms with Crippen LogP contribution in [0.25, 0.3) is 0 Å². The minimum atomic E-state index is -1.09. The van der Waals surface area contributed by atoms with Crippen LogP contribution in [0.3, 0.4) is 0 Å². The predicted molar refractivity (Wildman–Crippen MR) is 90.2 cm³/mol. The summed E-state index contributed by atoms with van der Waals surface area (Å²) in [5, 5.41) is 21.7. The third kappa shape index (κ3) is 3.43. The topological polar surface area (TPSA) is 88.0 Å². The molecule has 2 aliphatic rings. The van der Waals surface area contributed by atoms with Crippen LogP contribution in [0.2, 0.25) is 0 Å². The van der Waals surface area contributed by atoms with E-state index in [1.54, 1.807) is 6.92 Å². The van der Waals surface area contributed by atoms with Crippen LogP contribution in [0.1, 0.15) is 39.2 Å². The zero-order valence-corrected chi connectivity index (χ0v) is 14.3. The van der Waals surface area contributed by atoms with Gasteiger partial charge in [0.25, 0.3) is 0 Å². The molecule has 0 spiro atoms. The van der Waals surface area contributed by atoms with Crippen LogP contribution >= 0.6 is 0 Å². The highest BCUT2D eigenvalue weighted by Gasteiger charge is 2.53. The number of carbonyl (C=O) groups is 1. The van der Waals surface area contributed by atoms with Crippen molar-refractivity contribution in [3.8, 4) is 0 Å². The molecule has 2 fully saturated rings. The summed E-state index contributed by atoms with van der Waals surface area (Å²) < 4.78 is 11.5. The summed E-state index contributed by atoms with van der Waals surface area (Å²) in [6.45, 7) is 7.17. The first-order valence-electron chi connectivity index (χ1n) is 8.18. The molecule has 0 atom stereocenters. The summed E-state index contributed by atoms with van der Waals surface area (Å²) >= 11 is 0. The van der Waals surface area contributed by atoms with Crippen LogP contribution in [-0.2, 0) is 14.8 Å². The number of hydrogen-bond donors (Lipinski definition) is 3. The standard InChI is InChI=1S/C17H24BNO5/c1-15(2)10-23-18(24-11-15)13-6-4-12(5-7-13)17(19-14(20)21)8-16(3,22)9-17/h4-7,19,22H,8-11H2,1-3H3,(H,20,21). The average Bonchev–Trinajstić information content (AvgIpc) is 2.44. The van der Waals surface area contributed by atoms with E-state index >= 15 is 0 Å². The molecule has 24 heavy (non-hydrogen) atoms. The number of amides is 1. The lowest BCUT2D eigenvalue weighted by atomic mass is 9.62. The SMILES string of the molecule is CC1(C)COB(c2ccc(C3(NC(=O)O)CC(C)(O)C3)cc2)OC1. The van der Waals surface area contributed by atoms with Gasteiger partial charge in [-0.05, 0) is 17.9 Å². The first kappa shape index (κ1) is 17.3. The molecule has 3 N–H and O–H groups in total. The quantitative estimate of drug-likeness (QED) is 0.729. The van der Waals surface area contributed by atoms with Gasteiger partial charge in [0, 0.05) is 31.5 Å². The molecule has 1 aliphatic carbocycles. The Labute approximate surface area is 142 Å². The van der Waals surface area contributed by atoms with E-state index in [1.807, 2.05) is 24.3 Å². The van der Waals surface area contributed by atoms with E-state index < -0.39 is 17.2 Å². The number of rotatable bonds is 3. The van der Waals surface area contributed by atoms with Crippen molar-refractivity contribution in [2.45, 2.75) is 44.8 Å². The fourth-order valence-electron chi connectivity index (χ4n) is 3.66. The summed E-state index contributed by atoms with van der Waals surface area (Å²) in [5.74, 6) is 0. The zero-order valence-electron chi connectivity index (χ0n) is 14.3. The maximum Gasteiger partial charge on any atom is 0.493 e. The molecule has 1 heterocycles. The molecule has 7 heteroatoms. The van der Waals surface area contributed by atoms with Crippen molar-refractivity contribution >= 4 is 18.7 Å². The molecule has 1 amide bonds. The monoisotopic (exact) mass is 333 g/mol. The molecule has 1 saturated carbocycles. The third-order valence-electron chi connectivity index (χ3n) is 4.70. The summed E-state index contributed by atoms with van der Waals surface area (Å²) in [4.78, 5) is 11.1. The van der Waals surface area contributed by atoms with Crippen LogP contribution in [0.5, 0.6) is 0 Å². The largest absolute Gasteiger partial charge is 0.493 e. The Hall–Kier alpha value is -1.57. The first-order valence-corrected chi connectivity index (χ1v) is 8.18. The van der Waals surface area contributed by atoms with E-state index in [2.05, 4.69) is 19.2 Å². The van der Waals surface area contributed by atoms with Gasteiger partial charge >= 0.3 is 13.2 Å². The van der Waals surface area contributed by atoms with Crippen LogP contribution in [0.4, 0.5) is 4.79 Å². The van der Waals surface area contributed by atoms with E-state index in [-0.39, 0.29) is 12.5 Å². The number of aliphatic hydroxyl groups is 1. The Morgan fingerprint density at radius 2 is 1.67 bits per heavy atom. The lowest BCUT2D eigenvalue weighted by molar-refractivity contribution is -0.0858. The molecule has 0 bridgehead atoms. The average molecular weight is 333 g/mol. The van der Waals surface area contributed by atoms with Crippen molar-refractivity contribution in [1.29, 1.82) is 0 Å². The second-order valence-electron chi connectivity index (χ2n) is 8.10. The molecule has 1 aliphatic heterocycles.